The lowest BCUT2D eigenvalue weighted by atomic mass is 9.30. The number of halogens is 6. The van der Waals surface area contributed by atoms with E-state index in [1.807, 2.05) is 0 Å². The van der Waals surface area contributed by atoms with E-state index in [1.165, 1.54) is 12.1 Å². The predicted molar refractivity (Wildman–Crippen MR) is 130 cm³/mol. The Bertz CT molecular complexity index is 1490. The van der Waals surface area contributed by atoms with Gasteiger partial charge in [0.1, 0.15) is 30.3 Å². The number of alkyl halides is 4. The molecule has 15 heteroatoms. The molecule has 4 aliphatic rings. The number of carbonyl (C=O) groups is 1. The quantitative estimate of drug-likeness (QED) is 0.365. The van der Waals surface area contributed by atoms with Crippen molar-refractivity contribution in [2.24, 2.45) is 5.41 Å². The highest BCUT2D eigenvalue weighted by molar-refractivity contribution is 5.77. The van der Waals surface area contributed by atoms with Crippen LogP contribution in [0.4, 0.5) is 26.3 Å². The molecule has 3 aromatic rings. The molecule has 2 atom stereocenters. The second-order valence-electron chi connectivity index (χ2n) is 11.5. The van der Waals surface area contributed by atoms with Gasteiger partial charge in [-0.25, -0.2) is 31.0 Å². The summed E-state index contributed by atoms with van der Waals surface area (Å²) >= 11 is 0. The number of ether oxygens (including phenoxy) is 1. The largest absolute Gasteiger partial charge is 0.482 e. The highest BCUT2D eigenvalue weighted by Gasteiger charge is 2.82. The number of aliphatic hydroxyl groups is 2. The highest BCUT2D eigenvalue weighted by atomic mass is 19.3. The number of nitrogens with zero attached hydrogens (tertiary/aromatic N) is 5. The van der Waals surface area contributed by atoms with E-state index in [-0.39, 0.29) is 25.0 Å². The van der Waals surface area contributed by atoms with Crippen molar-refractivity contribution in [1.82, 2.24) is 25.1 Å². The van der Waals surface area contributed by atoms with Gasteiger partial charge < -0.3 is 19.8 Å². The Morgan fingerprint density at radius 1 is 1.10 bits per heavy atom. The highest BCUT2D eigenvalue weighted by Crippen LogP contribution is 2.80. The summed E-state index contributed by atoms with van der Waals surface area (Å²) in [5.74, 6) is -10.3. The van der Waals surface area contributed by atoms with Crippen molar-refractivity contribution in [1.29, 1.82) is 0 Å². The third-order valence-corrected chi connectivity index (χ3v) is 8.87. The van der Waals surface area contributed by atoms with Crippen molar-refractivity contribution in [3.63, 3.8) is 0 Å². The molecule has 4 fully saturated rings. The molecule has 1 unspecified atom stereocenters. The first-order valence-corrected chi connectivity index (χ1v) is 13.0. The Kier molecular flexibility index (Phi) is 6.35. The third kappa shape index (κ3) is 4.15. The van der Waals surface area contributed by atoms with Crippen molar-refractivity contribution < 1.29 is 46.1 Å². The lowest BCUT2D eigenvalue weighted by Crippen LogP contribution is -2.76. The number of carbonyl (C=O) groups excluding carboxylic acids is 1. The summed E-state index contributed by atoms with van der Waals surface area (Å²) in [5.41, 5.74) is -5.59. The summed E-state index contributed by atoms with van der Waals surface area (Å²) in [6.45, 7) is -3.06. The van der Waals surface area contributed by atoms with Crippen molar-refractivity contribution >= 4 is 5.91 Å². The molecule has 0 spiro atoms. The van der Waals surface area contributed by atoms with Gasteiger partial charge in [0.15, 0.2) is 11.7 Å². The van der Waals surface area contributed by atoms with Crippen LogP contribution in [0.2, 0.25) is 0 Å². The molecule has 2 aromatic carbocycles. The lowest BCUT2D eigenvalue weighted by Gasteiger charge is -2.74. The maximum Gasteiger partial charge on any atom is 0.302 e. The summed E-state index contributed by atoms with van der Waals surface area (Å²) in [6, 6.07) is 8.06. The maximum absolute atomic E-state index is 16.3. The van der Waals surface area contributed by atoms with Crippen LogP contribution in [-0.2, 0) is 22.4 Å². The van der Waals surface area contributed by atoms with Crippen LogP contribution in [0.1, 0.15) is 30.4 Å². The molecule has 1 aliphatic heterocycles. The number of tetrazole rings is 1. The van der Waals surface area contributed by atoms with E-state index < -0.39 is 83.7 Å². The van der Waals surface area contributed by atoms with E-state index in [1.54, 1.807) is 12.1 Å². The molecule has 1 amide bonds. The number of amides is 1. The second kappa shape index (κ2) is 9.39. The van der Waals surface area contributed by atoms with Gasteiger partial charge in [-0.15, -0.1) is 5.10 Å². The number of aliphatic hydroxyl groups excluding tert-OH is 1. The molecule has 42 heavy (non-hydrogen) atoms. The normalized spacial score (nSPS) is 27.6. The smallest absolute Gasteiger partial charge is 0.302 e. The van der Waals surface area contributed by atoms with Gasteiger partial charge in [-0.3, -0.25) is 4.79 Å². The zero-order valence-electron chi connectivity index (χ0n) is 21.9. The van der Waals surface area contributed by atoms with Crippen molar-refractivity contribution in [3.8, 4) is 5.75 Å². The van der Waals surface area contributed by atoms with E-state index in [0.29, 0.717) is 11.6 Å². The molecule has 3 aliphatic carbocycles. The van der Waals surface area contributed by atoms with Gasteiger partial charge in [0.2, 0.25) is 5.91 Å². The molecular formula is C27H25F6N5O4. The first kappa shape index (κ1) is 28.4. The van der Waals surface area contributed by atoms with Gasteiger partial charge in [-0.1, -0.05) is 12.1 Å². The standard InChI is InChI=1S/C27H25F6N5O4/c28-17-3-6-19(20(29)7-17)25(41,13-38-15-34-35-36-38)27(32,33)24-10-23(11-24,12-24)16-1-4-18(5-2-16)42-21-8-37(22(40)9-39)14-26(21,30)31/h1-7,15,21,39,41H,8-14H2/t21?,23?,24?,25-/m1/s1. The van der Waals surface area contributed by atoms with Crippen LogP contribution >= 0.6 is 0 Å². The minimum atomic E-state index is -3.89. The molecule has 7 rings (SSSR count). The fraction of sp³-hybridized carbons (Fsp3) is 0.481. The maximum atomic E-state index is 16.3. The summed E-state index contributed by atoms with van der Waals surface area (Å²) in [4.78, 5) is 12.4. The van der Waals surface area contributed by atoms with Crippen molar-refractivity contribution in [2.45, 2.75) is 54.8 Å². The number of hydrogen-bond acceptors (Lipinski definition) is 7. The molecule has 9 nitrogen and oxygen atoms in total. The number of hydrogen-bond donors (Lipinski definition) is 2. The molecule has 2 heterocycles. The minimum absolute atomic E-state index is 0.0487. The van der Waals surface area contributed by atoms with Crippen LogP contribution in [-0.4, -0.2) is 78.9 Å². The Morgan fingerprint density at radius 2 is 1.79 bits per heavy atom. The third-order valence-electron chi connectivity index (χ3n) is 8.87. The molecule has 1 aromatic heterocycles. The van der Waals surface area contributed by atoms with Gasteiger partial charge in [0, 0.05) is 17.0 Å². The van der Waals surface area contributed by atoms with Crippen LogP contribution < -0.4 is 4.74 Å². The average Bonchev–Trinajstić information content (AvgIpc) is 3.49. The molecule has 2 N–H and O–H groups in total. The molecule has 3 saturated carbocycles. The summed E-state index contributed by atoms with van der Waals surface area (Å²) in [5, 5.41) is 30.7. The van der Waals surface area contributed by atoms with Crippen molar-refractivity contribution in [2.75, 3.05) is 19.7 Å². The van der Waals surface area contributed by atoms with Crippen LogP contribution in [0.25, 0.3) is 0 Å². The monoisotopic (exact) mass is 597 g/mol. The Morgan fingerprint density at radius 3 is 2.38 bits per heavy atom. The van der Waals surface area contributed by atoms with Gasteiger partial charge in [-0.05, 0) is 64.9 Å². The fourth-order valence-corrected chi connectivity index (χ4v) is 6.75. The fourth-order valence-electron chi connectivity index (χ4n) is 6.75. The van der Waals surface area contributed by atoms with Crippen LogP contribution in [0, 0.1) is 17.0 Å². The SMILES string of the molecule is O=C(CO)N1CC(Oc2ccc(C34CC(C(F)(F)[C@@](O)(Cn5cnnn5)c5ccc(F)cc5F)(C3)C4)cc2)C(F)(F)C1. The number of likely N-dealkylation sites (tertiary alicyclic amines) is 1. The molecule has 224 valence electrons. The van der Waals surface area contributed by atoms with Gasteiger partial charge in [0.05, 0.1) is 19.6 Å². The lowest BCUT2D eigenvalue weighted by molar-refractivity contribution is -0.347. The first-order chi connectivity index (χ1) is 19.7. The predicted octanol–water partition coefficient (Wildman–Crippen LogP) is 2.81. The zero-order valence-corrected chi connectivity index (χ0v) is 21.9. The van der Waals surface area contributed by atoms with Crippen molar-refractivity contribution in [3.05, 3.63) is 71.6 Å². The van der Waals surface area contributed by atoms with Crippen LogP contribution in [0.5, 0.6) is 5.75 Å². The number of rotatable bonds is 9. The van der Waals surface area contributed by atoms with E-state index in [4.69, 9.17) is 9.84 Å². The molecule has 2 bridgehead atoms. The van der Waals surface area contributed by atoms with Gasteiger partial charge in [-0.2, -0.15) is 0 Å². The average molecular weight is 598 g/mol. The molecular weight excluding hydrogens is 572 g/mol. The van der Waals surface area contributed by atoms with E-state index in [0.717, 1.165) is 28.0 Å². The van der Waals surface area contributed by atoms with Gasteiger partial charge in [0.25, 0.3) is 5.92 Å². The summed E-state index contributed by atoms with van der Waals surface area (Å²) in [7, 11) is 0. The van der Waals surface area contributed by atoms with Gasteiger partial charge >= 0.3 is 5.92 Å². The van der Waals surface area contributed by atoms with E-state index in [2.05, 4.69) is 15.5 Å². The Labute approximate surface area is 234 Å². The Balaban J connectivity index is 1.19. The van der Waals surface area contributed by atoms with E-state index in [9.17, 15) is 27.5 Å². The first-order valence-electron chi connectivity index (χ1n) is 13.0. The van der Waals surface area contributed by atoms with Crippen LogP contribution in [0.15, 0.2) is 48.8 Å². The molecule has 0 radical (unpaired) electrons. The summed E-state index contributed by atoms with van der Waals surface area (Å²) in [6.07, 6.45) is -0.772. The van der Waals surface area contributed by atoms with E-state index >= 15 is 8.78 Å². The zero-order chi connectivity index (χ0) is 30.1. The summed E-state index contributed by atoms with van der Waals surface area (Å²) < 4.78 is 96.1. The topological polar surface area (TPSA) is 114 Å². The van der Waals surface area contributed by atoms with Crippen LogP contribution in [0.3, 0.4) is 0 Å². The minimum Gasteiger partial charge on any atom is -0.482 e. The molecule has 1 saturated heterocycles. The number of aromatic nitrogens is 4. The second-order valence-corrected chi connectivity index (χ2v) is 11.5. The number of benzene rings is 2. The Hall–Kier alpha value is -3.72.